The van der Waals surface area contributed by atoms with Crippen LogP contribution in [-0.4, -0.2) is 31.7 Å². The van der Waals surface area contributed by atoms with Gasteiger partial charge in [0, 0.05) is 45.0 Å². The highest BCUT2D eigenvalue weighted by Crippen LogP contribution is 2.34. The summed E-state index contributed by atoms with van der Waals surface area (Å²) in [6.45, 7) is 2.81. The highest BCUT2D eigenvalue weighted by Gasteiger charge is 2.30. The molecule has 0 saturated carbocycles. The Morgan fingerprint density at radius 2 is 2.35 bits per heavy atom. The van der Waals surface area contributed by atoms with Gasteiger partial charge in [0.05, 0.1) is 0 Å². The van der Waals surface area contributed by atoms with Crippen LogP contribution in [0.5, 0.6) is 0 Å². The van der Waals surface area contributed by atoms with Crippen LogP contribution in [0.3, 0.4) is 0 Å². The van der Waals surface area contributed by atoms with Crippen molar-refractivity contribution in [3.05, 3.63) is 35.1 Å². The number of rotatable bonds is 5. The molecule has 0 aromatic heterocycles. The molecule has 0 spiro atoms. The maximum atomic E-state index is 13.7. The Balaban J connectivity index is 2.11. The molecule has 1 aliphatic rings. The van der Waals surface area contributed by atoms with Crippen LogP contribution in [0.25, 0.3) is 0 Å². The molecule has 1 aliphatic heterocycles. The van der Waals surface area contributed by atoms with Crippen LogP contribution in [0.15, 0.2) is 18.2 Å². The minimum Gasteiger partial charge on any atom is -0.385 e. The molecule has 1 unspecified atom stereocenters. The van der Waals surface area contributed by atoms with Gasteiger partial charge < -0.3 is 10.5 Å². The van der Waals surface area contributed by atoms with E-state index in [0.29, 0.717) is 13.1 Å². The number of hydrogen-bond acceptors (Lipinski definition) is 3. The van der Waals surface area contributed by atoms with Crippen molar-refractivity contribution in [3.63, 3.8) is 0 Å². The van der Waals surface area contributed by atoms with Gasteiger partial charge in [-0.05, 0) is 18.1 Å². The summed E-state index contributed by atoms with van der Waals surface area (Å²) >= 11 is 0. The molecule has 17 heavy (non-hydrogen) atoms. The second kappa shape index (κ2) is 5.58. The molecule has 2 rings (SSSR count). The molecule has 2 N–H and O–H groups in total. The van der Waals surface area contributed by atoms with E-state index in [1.54, 1.807) is 13.2 Å². The number of halogens is 1. The number of methoxy groups -OCH3 is 1. The fraction of sp³-hybridized carbons (Fsp3) is 0.538. The molecule has 3 nitrogen and oxygen atoms in total. The van der Waals surface area contributed by atoms with E-state index in [0.717, 1.165) is 30.7 Å². The van der Waals surface area contributed by atoms with Gasteiger partial charge in [0.15, 0.2) is 0 Å². The zero-order valence-electron chi connectivity index (χ0n) is 10.2. The van der Waals surface area contributed by atoms with E-state index in [2.05, 4.69) is 4.90 Å². The Labute approximate surface area is 101 Å². The average Bonchev–Trinajstić information content (AvgIpc) is 2.69. The van der Waals surface area contributed by atoms with Gasteiger partial charge in [-0.25, -0.2) is 4.39 Å². The van der Waals surface area contributed by atoms with Crippen LogP contribution >= 0.6 is 0 Å². The Morgan fingerprint density at radius 3 is 3.06 bits per heavy atom. The van der Waals surface area contributed by atoms with Crippen LogP contribution in [0.1, 0.15) is 23.6 Å². The van der Waals surface area contributed by atoms with E-state index in [1.165, 1.54) is 6.07 Å². The molecule has 1 aromatic rings. The zero-order valence-corrected chi connectivity index (χ0v) is 10.2. The van der Waals surface area contributed by atoms with Gasteiger partial charge >= 0.3 is 0 Å². The minimum absolute atomic E-state index is 0.116. The van der Waals surface area contributed by atoms with E-state index < -0.39 is 0 Å². The monoisotopic (exact) mass is 238 g/mol. The van der Waals surface area contributed by atoms with Crippen LogP contribution in [0, 0.1) is 5.82 Å². The fourth-order valence-electron chi connectivity index (χ4n) is 2.49. The van der Waals surface area contributed by atoms with Gasteiger partial charge in [-0.2, -0.15) is 0 Å². The highest BCUT2D eigenvalue weighted by atomic mass is 19.1. The quantitative estimate of drug-likeness (QED) is 0.793. The van der Waals surface area contributed by atoms with Crippen molar-refractivity contribution in [2.75, 3.05) is 26.8 Å². The summed E-state index contributed by atoms with van der Waals surface area (Å²) in [5.74, 6) is -0.116. The lowest BCUT2D eigenvalue weighted by Crippen LogP contribution is -2.29. The Morgan fingerprint density at radius 1 is 1.53 bits per heavy atom. The SMILES string of the molecule is COCCCN1Cc2c(F)cccc2C1CN. The summed E-state index contributed by atoms with van der Waals surface area (Å²) in [6, 6.07) is 5.41. The van der Waals surface area contributed by atoms with Gasteiger partial charge in [0.1, 0.15) is 5.82 Å². The molecule has 94 valence electrons. The van der Waals surface area contributed by atoms with Crippen molar-refractivity contribution >= 4 is 0 Å². The van der Waals surface area contributed by atoms with Crippen LogP contribution < -0.4 is 5.73 Å². The van der Waals surface area contributed by atoms with E-state index in [4.69, 9.17) is 10.5 Å². The molecule has 0 saturated heterocycles. The van der Waals surface area contributed by atoms with Crippen molar-refractivity contribution in [1.82, 2.24) is 4.90 Å². The van der Waals surface area contributed by atoms with Gasteiger partial charge in [0.2, 0.25) is 0 Å². The molecule has 0 bridgehead atoms. The molecule has 0 radical (unpaired) electrons. The first-order chi connectivity index (χ1) is 8.27. The fourth-order valence-corrected chi connectivity index (χ4v) is 2.49. The summed E-state index contributed by atoms with van der Waals surface area (Å²) in [5, 5.41) is 0. The van der Waals surface area contributed by atoms with Gasteiger partial charge in [0.25, 0.3) is 0 Å². The van der Waals surface area contributed by atoms with E-state index in [9.17, 15) is 4.39 Å². The third-order valence-electron chi connectivity index (χ3n) is 3.33. The van der Waals surface area contributed by atoms with Gasteiger partial charge in [-0.15, -0.1) is 0 Å². The second-order valence-electron chi connectivity index (χ2n) is 4.38. The van der Waals surface area contributed by atoms with Gasteiger partial charge in [-0.1, -0.05) is 12.1 Å². The number of fused-ring (bicyclic) bond motifs is 1. The maximum Gasteiger partial charge on any atom is 0.128 e. The lowest BCUT2D eigenvalue weighted by Gasteiger charge is -2.23. The topological polar surface area (TPSA) is 38.5 Å². The Hall–Kier alpha value is -0.970. The maximum absolute atomic E-state index is 13.7. The number of hydrogen-bond donors (Lipinski definition) is 1. The number of nitrogens with zero attached hydrogens (tertiary/aromatic N) is 1. The van der Waals surface area contributed by atoms with E-state index in [1.807, 2.05) is 6.07 Å². The third kappa shape index (κ3) is 2.49. The largest absolute Gasteiger partial charge is 0.385 e. The third-order valence-corrected chi connectivity index (χ3v) is 3.33. The average molecular weight is 238 g/mol. The second-order valence-corrected chi connectivity index (χ2v) is 4.38. The first kappa shape index (κ1) is 12.5. The molecule has 4 heteroatoms. The van der Waals surface area contributed by atoms with Gasteiger partial charge in [-0.3, -0.25) is 4.90 Å². The zero-order chi connectivity index (χ0) is 12.3. The van der Waals surface area contributed by atoms with Crippen molar-refractivity contribution in [1.29, 1.82) is 0 Å². The lowest BCUT2D eigenvalue weighted by molar-refractivity contribution is 0.156. The predicted molar refractivity (Wildman–Crippen MR) is 65.1 cm³/mol. The summed E-state index contributed by atoms with van der Waals surface area (Å²) in [6.07, 6.45) is 0.947. The Kier molecular flexibility index (Phi) is 4.10. The Bertz CT molecular complexity index is 384. The summed E-state index contributed by atoms with van der Waals surface area (Å²) < 4.78 is 18.7. The molecule has 0 amide bonds. The normalized spacial score (nSPS) is 19.6. The molecule has 1 aromatic carbocycles. The van der Waals surface area contributed by atoms with Crippen LogP contribution in [-0.2, 0) is 11.3 Å². The molecule has 0 aliphatic carbocycles. The first-order valence-electron chi connectivity index (χ1n) is 5.98. The number of benzene rings is 1. The summed E-state index contributed by atoms with van der Waals surface area (Å²) in [5.41, 5.74) is 7.65. The summed E-state index contributed by atoms with van der Waals surface area (Å²) in [7, 11) is 1.69. The molecule has 1 atom stereocenters. The molecule has 1 heterocycles. The van der Waals surface area contributed by atoms with Crippen molar-refractivity contribution < 1.29 is 9.13 Å². The number of nitrogens with two attached hydrogens (primary N) is 1. The van der Waals surface area contributed by atoms with Crippen molar-refractivity contribution in [2.24, 2.45) is 5.73 Å². The highest BCUT2D eigenvalue weighted by molar-refractivity contribution is 5.35. The van der Waals surface area contributed by atoms with Crippen LogP contribution in [0.4, 0.5) is 4.39 Å². The molecular formula is C13H19FN2O. The predicted octanol–water partition coefficient (Wildman–Crippen LogP) is 1.68. The minimum atomic E-state index is -0.116. The lowest BCUT2D eigenvalue weighted by atomic mass is 10.0. The smallest absolute Gasteiger partial charge is 0.128 e. The van der Waals surface area contributed by atoms with E-state index >= 15 is 0 Å². The summed E-state index contributed by atoms with van der Waals surface area (Å²) in [4.78, 5) is 2.23. The van der Waals surface area contributed by atoms with Crippen molar-refractivity contribution in [3.8, 4) is 0 Å². The molecule has 0 fully saturated rings. The standard InChI is InChI=1S/C13H19FN2O/c1-17-7-3-6-16-9-11-10(13(16)8-15)4-2-5-12(11)14/h2,4-5,13H,3,6-9,15H2,1H3. The van der Waals surface area contributed by atoms with Crippen molar-refractivity contribution in [2.45, 2.75) is 19.0 Å². The van der Waals surface area contributed by atoms with Crippen LogP contribution in [0.2, 0.25) is 0 Å². The first-order valence-corrected chi connectivity index (χ1v) is 5.98. The number of ether oxygens (including phenoxy) is 1. The van der Waals surface area contributed by atoms with E-state index in [-0.39, 0.29) is 11.9 Å². The molecular weight excluding hydrogens is 219 g/mol.